The fourth-order valence-corrected chi connectivity index (χ4v) is 2.76. The molecule has 0 aliphatic heterocycles. The normalized spacial score (nSPS) is 13.8. The smallest absolute Gasteiger partial charge is 0.261 e. The number of benzene rings is 2. The Balaban J connectivity index is 2.00. The summed E-state index contributed by atoms with van der Waals surface area (Å²) in [7, 11) is 0. The van der Waals surface area contributed by atoms with Crippen LogP contribution in [-0.2, 0) is 10.2 Å². The van der Waals surface area contributed by atoms with Crippen LogP contribution in [0.4, 0.5) is 0 Å². The van der Waals surface area contributed by atoms with E-state index in [1.165, 1.54) is 11.1 Å². The van der Waals surface area contributed by atoms with Crippen LogP contribution >= 0.6 is 0 Å². The molecule has 0 heterocycles. The molecule has 0 saturated heterocycles. The van der Waals surface area contributed by atoms with Crippen LogP contribution in [0.1, 0.15) is 63.8 Å². The third kappa shape index (κ3) is 5.35. The van der Waals surface area contributed by atoms with Gasteiger partial charge < -0.3 is 10.1 Å². The molecule has 0 aromatic heterocycles. The highest BCUT2D eigenvalue weighted by molar-refractivity contribution is 5.81. The number of amides is 1. The molecule has 0 unspecified atom stereocenters. The van der Waals surface area contributed by atoms with E-state index in [0.717, 1.165) is 11.3 Å². The standard InChI is InChI=1S/C23H31NO2/c1-7-21(26-20-14-12-19(13-15-20)23(4,5)6)22(25)24-17(3)18-10-8-16(2)9-11-18/h8-15,17,21H,7H2,1-6H3,(H,24,25)/t17-,21-/m0/s1. The van der Waals surface area contributed by atoms with Crippen LogP contribution in [0.3, 0.4) is 0 Å². The zero-order chi connectivity index (χ0) is 19.3. The van der Waals surface area contributed by atoms with Gasteiger partial charge in [-0.15, -0.1) is 0 Å². The van der Waals surface area contributed by atoms with Gasteiger partial charge in [0.1, 0.15) is 5.75 Å². The molecule has 0 saturated carbocycles. The minimum Gasteiger partial charge on any atom is -0.481 e. The molecule has 140 valence electrons. The van der Waals surface area contributed by atoms with Gasteiger partial charge in [0.05, 0.1) is 6.04 Å². The zero-order valence-electron chi connectivity index (χ0n) is 16.8. The molecule has 0 aliphatic rings. The van der Waals surface area contributed by atoms with Crippen molar-refractivity contribution in [3.8, 4) is 5.75 Å². The second kappa shape index (κ2) is 8.39. The monoisotopic (exact) mass is 353 g/mol. The van der Waals surface area contributed by atoms with Gasteiger partial charge in [-0.25, -0.2) is 0 Å². The molecule has 2 aromatic carbocycles. The van der Waals surface area contributed by atoms with E-state index in [1.54, 1.807) is 0 Å². The summed E-state index contributed by atoms with van der Waals surface area (Å²) >= 11 is 0. The first-order chi connectivity index (χ1) is 12.2. The van der Waals surface area contributed by atoms with Gasteiger partial charge in [-0.2, -0.15) is 0 Å². The Morgan fingerprint density at radius 2 is 1.62 bits per heavy atom. The molecular formula is C23H31NO2. The summed E-state index contributed by atoms with van der Waals surface area (Å²) in [6.07, 6.45) is 0.122. The van der Waals surface area contributed by atoms with Gasteiger partial charge in [0.15, 0.2) is 6.10 Å². The van der Waals surface area contributed by atoms with Crippen LogP contribution in [0.25, 0.3) is 0 Å². The van der Waals surface area contributed by atoms with E-state index in [1.807, 2.05) is 38.1 Å². The third-order valence-electron chi connectivity index (χ3n) is 4.60. The van der Waals surface area contributed by atoms with E-state index in [-0.39, 0.29) is 17.4 Å². The molecule has 0 radical (unpaired) electrons. The van der Waals surface area contributed by atoms with Gasteiger partial charge in [0, 0.05) is 0 Å². The second-order valence-corrected chi connectivity index (χ2v) is 7.93. The van der Waals surface area contributed by atoms with Gasteiger partial charge in [-0.3, -0.25) is 4.79 Å². The highest BCUT2D eigenvalue weighted by Gasteiger charge is 2.21. The van der Waals surface area contributed by atoms with Crippen molar-refractivity contribution in [2.75, 3.05) is 0 Å². The Kier molecular flexibility index (Phi) is 6.47. The molecule has 2 atom stereocenters. The SMILES string of the molecule is CC[C@H](Oc1ccc(C(C)(C)C)cc1)C(=O)N[C@@H](C)c1ccc(C)cc1. The van der Waals surface area contributed by atoms with E-state index < -0.39 is 6.10 Å². The van der Waals surface area contributed by atoms with Crippen LogP contribution < -0.4 is 10.1 Å². The fourth-order valence-electron chi connectivity index (χ4n) is 2.76. The molecule has 0 aliphatic carbocycles. The van der Waals surface area contributed by atoms with Crippen molar-refractivity contribution in [2.24, 2.45) is 0 Å². The first-order valence-corrected chi connectivity index (χ1v) is 9.35. The minimum absolute atomic E-state index is 0.0518. The number of carbonyl (C=O) groups is 1. The molecule has 1 amide bonds. The molecule has 2 rings (SSSR count). The Morgan fingerprint density at radius 1 is 1.04 bits per heavy atom. The summed E-state index contributed by atoms with van der Waals surface area (Å²) < 4.78 is 5.94. The quantitative estimate of drug-likeness (QED) is 0.762. The topological polar surface area (TPSA) is 38.3 Å². The lowest BCUT2D eigenvalue weighted by Crippen LogP contribution is -2.39. The third-order valence-corrected chi connectivity index (χ3v) is 4.60. The van der Waals surface area contributed by atoms with Crippen LogP contribution in [0.15, 0.2) is 48.5 Å². The van der Waals surface area contributed by atoms with E-state index >= 15 is 0 Å². The summed E-state index contributed by atoms with van der Waals surface area (Å²) in [6, 6.07) is 16.2. The van der Waals surface area contributed by atoms with Crippen molar-refractivity contribution < 1.29 is 9.53 Å². The molecule has 3 heteroatoms. The average molecular weight is 354 g/mol. The molecule has 26 heavy (non-hydrogen) atoms. The Morgan fingerprint density at radius 3 is 2.12 bits per heavy atom. The molecule has 2 aromatic rings. The number of hydrogen-bond acceptors (Lipinski definition) is 2. The van der Waals surface area contributed by atoms with Crippen molar-refractivity contribution in [1.82, 2.24) is 5.32 Å². The lowest BCUT2D eigenvalue weighted by atomic mass is 9.87. The van der Waals surface area contributed by atoms with Crippen LogP contribution in [0, 0.1) is 6.92 Å². The number of aryl methyl sites for hydroxylation is 1. The predicted octanol–water partition coefficient (Wildman–Crippen LogP) is 5.33. The first kappa shape index (κ1) is 20.0. The highest BCUT2D eigenvalue weighted by Crippen LogP contribution is 2.25. The summed E-state index contributed by atoms with van der Waals surface area (Å²) in [4.78, 5) is 12.6. The maximum atomic E-state index is 12.6. The van der Waals surface area contributed by atoms with Crippen LogP contribution in [0.5, 0.6) is 5.75 Å². The molecule has 0 spiro atoms. The molecule has 0 fully saturated rings. The van der Waals surface area contributed by atoms with Gasteiger partial charge in [-0.1, -0.05) is 69.7 Å². The molecule has 0 bridgehead atoms. The van der Waals surface area contributed by atoms with Gasteiger partial charge in [-0.05, 0) is 48.9 Å². The number of ether oxygens (including phenoxy) is 1. The summed E-state index contributed by atoms with van der Waals surface area (Å²) in [6.45, 7) is 12.5. The summed E-state index contributed by atoms with van der Waals surface area (Å²) in [5, 5.41) is 3.06. The molecular weight excluding hydrogens is 322 g/mol. The maximum absolute atomic E-state index is 12.6. The maximum Gasteiger partial charge on any atom is 0.261 e. The number of carbonyl (C=O) groups excluding carboxylic acids is 1. The van der Waals surface area contributed by atoms with Crippen molar-refractivity contribution in [3.05, 3.63) is 65.2 Å². The van der Waals surface area contributed by atoms with Gasteiger partial charge >= 0.3 is 0 Å². The largest absolute Gasteiger partial charge is 0.481 e. The highest BCUT2D eigenvalue weighted by atomic mass is 16.5. The van der Waals surface area contributed by atoms with E-state index in [9.17, 15) is 4.79 Å². The Hall–Kier alpha value is -2.29. The van der Waals surface area contributed by atoms with E-state index in [0.29, 0.717) is 6.42 Å². The zero-order valence-corrected chi connectivity index (χ0v) is 16.8. The average Bonchev–Trinajstić information content (AvgIpc) is 2.59. The lowest BCUT2D eigenvalue weighted by Gasteiger charge is -2.22. The van der Waals surface area contributed by atoms with Crippen molar-refractivity contribution in [1.29, 1.82) is 0 Å². The Bertz CT molecular complexity index is 711. The minimum atomic E-state index is -0.497. The number of rotatable bonds is 6. The van der Waals surface area contributed by atoms with Crippen LogP contribution in [0.2, 0.25) is 0 Å². The van der Waals surface area contributed by atoms with Crippen LogP contribution in [-0.4, -0.2) is 12.0 Å². The summed E-state index contributed by atoms with van der Waals surface area (Å²) in [5.74, 6) is 0.642. The first-order valence-electron chi connectivity index (χ1n) is 9.35. The fraction of sp³-hybridized carbons (Fsp3) is 0.435. The number of hydrogen-bond donors (Lipinski definition) is 1. The number of nitrogens with one attached hydrogen (secondary N) is 1. The molecule has 3 nitrogen and oxygen atoms in total. The Labute approximate surface area is 157 Å². The van der Waals surface area contributed by atoms with Crippen molar-refractivity contribution in [3.63, 3.8) is 0 Å². The van der Waals surface area contributed by atoms with Gasteiger partial charge in [0.25, 0.3) is 5.91 Å². The van der Waals surface area contributed by atoms with Crippen molar-refractivity contribution >= 4 is 5.91 Å². The predicted molar refractivity (Wildman–Crippen MR) is 108 cm³/mol. The summed E-state index contributed by atoms with van der Waals surface area (Å²) in [5.41, 5.74) is 3.65. The lowest BCUT2D eigenvalue weighted by molar-refractivity contribution is -0.128. The van der Waals surface area contributed by atoms with E-state index in [4.69, 9.17) is 4.74 Å². The second-order valence-electron chi connectivity index (χ2n) is 7.93. The van der Waals surface area contributed by atoms with E-state index in [2.05, 4.69) is 57.3 Å². The van der Waals surface area contributed by atoms with Crippen molar-refractivity contribution in [2.45, 2.75) is 65.5 Å². The molecule has 1 N–H and O–H groups in total. The van der Waals surface area contributed by atoms with Gasteiger partial charge in [0.2, 0.25) is 0 Å².